The number of hydrogen-bond donors (Lipinski definition) is 0. The average Bonchev–Trinajstić information content (AvgIpc) is 2.91. The van der Waals surface area contributed by atoms with Crippen LogP contribution in [0.15, 0.2) is 69.9 Å². The quantitative estimate of drug-likeness (QED) is 0.228. The maximum absolute atomic E-state index is 13.1. The van der Waals surface area contributed by atoms with E-state index in [2.05, 4.69) is 0 Å². The van der Waals surface area contributed by atoms with Crippen LogP contribution in [0, 0.1) is 6.92 Å². The molecule has 1 aromatic heterocycles. The number of rotatable bonds is 6. The van der Waals surface area contributed by atoms with Crippen LogP contribution in [-0.4, -0.2) is 19.3 Å². The minimum atomic E-state index is -0.361. The first kappa shape index (κ1) is 23.9. The molecule has 36 heavy (non-hydrogen) atoms. The zero-order chi connectivity index (χ0) is 25.2. The van der Waals surface area contributed by atoms with Crippen LogP contribution in [0.25, 0.3) is 11.0 Å². The zero-order valence-electron chi connectivity index (χ0n) is 20.2. The molecule has 184 valence electrons. The molecule has 0 saturated heterocycles. The maximum Gasteiger partial charge on any atom is 0.340 e. The Morgan fingerprint density at radius 3 is 2.58 bits per heavy atom. The lowest BCUT2D eigenvalue weighted by Gasteiger charge is -2.31. The lowest BCUT2D eigenvalue weighted by atomic mass is 9.97. The highest BCUT2D eigenvalue weighted by Crippen LogP contribution is 2.40. The topological polar surface area (TPSA) is 69.0 Å². The van der Waals surface area contributed by atoms with Gasteiger partial charge in [-0.25, -0.2) is 9.59 Å². The second-order valence-corrected chi connectivity index (χ2v) is 9.26. The third kappa shape index (κ3) is 4.56. The first-order valence-corrected chi connectivity index (χ1v) is 12.3. The molecule has 0 bridgehead atoms. The van der Waals surface area contributed by atoms with E-state index in [1.165, 1.54) is 0 Å². The van der Waals surface area contributed by atoms with Crippen LogP contribution in [0.3, 0.4) is 0 Å². The predicted molar refractivity (Wildman–Crippen MR) is 140 cm³/mol. The Morgan fingerprint density at radius 2 is 1.86 bits per heavy atom. The van der Waals surface area contributed by atoms with Crippen molar-refractivity contribution in [3.8, 4) is 5.75 Å². The zero-order valence-corrected chi connectivity index (χ0v) is 20.9. The number of aryl methyl sites for hydroxylation is 1. The summed E-state index contributed by atoms with van der Waals surface area (Å²) in [5.74, 6) is 0.184. The van der Waals surface area contributed by atoms with Crippen LogP contribution in [0.4, 0.5) is 5.69 Å². The fraction of sp³-hybridized carbons (Fsp3) is 0.241. The fourth-order valence-electron chi connectivity index (χ4n) is 4.47. The van der Waals surface area contributed by atoms with Crippen LogP contribution in [0.1, 0.15) is 46.0 Å². The molecule has 3 aromatic carbocycles. The van der Waals surface area contributed by atoms with E-state index in [1.54, 1.807) is 12.1 Å². The Balaban J connectivity index is 1.49. The van der Waals surface area contributed by atoms with Gasteiger partial charge in [0.2, 0.25) is 0 Å². The van der Waals surface area contributed by atoms with Crippen LogP contribution in [-0.2, 0) is 17.7 Å². The van der Waals surface area contributed by atoms with Crippen LogP contribution < -0.4 is 15.3 Å². The van der Waals surface area contributed by atoms with Gasteiger partial charge in [0.1, 0.15) is 11.3 Å². The largest absolute Gasteiger partial charge is 0.471 e. The Labute approximate surface area is 214 Å². The molecular formula is C29H26ClNO5. The summed E-state index contributed by atoms with van der Waals surface area (Å²) in [5.41, 5.74) is 4.70. The highest BCUT2D eigenvalue weighted by molar-refractivity contribution is 6.33. The van der Waals surface area contributed by atoms with E-state index in [4.69, 9.17) is 25.5 Å². The first-order chi connectivity index (χ1) is 17.5. The normalized spacial score (nSPS) is 12.8. The smallest absolute Gasteiger partial charge is 0.340 e. The number of anilines is 1. The van der Waals surface area contributed by atoms with Gasteiger partial charge in [-0.1, -0.05) is 48.9 Å². The summed E-state index contributed by atoms with van der Waals surface area (Å²) < 4.78 is 17.1. The summed E-state index contributed by atoms with van der Waals surface area (Å²) in [6, 6.07) is 18.8. The monoisotopic (exact) mass is 503 g/mol. The Bertz CT molecular complexity index is 1480. The molecular weight excluding hydrogens is 478 g/mol. The molecule has 0 aliphatic carbocycles. The van der Waals surface area contributed by atoms with Gasteiger partial charge in [0, 0.05) is 23.1 Å². The van der Waals surface area contributed by atoms with Gasteiger partial charge in [-0.15, -0.1) is 0 Å². The fourth-order valence-corrected chi connectivity index (χ4v) is 4.75. The number of carbonyl (C=O) groups excluding carboxylic acids is 1. The van der Waals surface area contributed by atoms with Crippen molar-refractivity contribution in [2.24, 2.45) is 0 Å². The summed E-state index contributed by atoms with van der Waals surface area (Å²) in [5, 5.41) is 1.28. The lowest BCUT2D eigenvalue weighted by molar-refractivity contribution is 0.0505. The summed E-state index contributed by atoms with van der Waals surface area (Å²) in [4.78, 5) is 27.2. The van der Waals surface area contributed by atoms with Crippen LogP contribution in [0.5, 0.6) is 5.75 Å². The number of esters is 1. The molecule has 0 amide bonds. The minimum absolute atomic E-state index is 0.271. The van der Waals surface area contributed by atoms with Gasteiger partial charge in [0.15, 0.2) is 6.73 Å². The van der Waals surface area contributed by atoms with Crippen molar-refractivity contribution in [2.45, 2.75) is 33.2 Å². The number of nitrogens with zero attached hydrogens (tertiary/aromatic N) is 1. The van der Waals surface area contributed by atoms with Crippen molar-refractivity contribution in [3.05, 3.63) is 104 Å². The van der Waals surface area contributed by atoms with Crippen LogP contribution >= 0.6 is 11.6 Å². The molecule has 4 aromatic rings. The molecule has 0 fully saturated rings. The van der Waals surface area contributed by atoms with Gasteiger partial charge in [-0.05, 0) is 54.8 Å². The highest BCUT2D eigenvalue weighted by Gasteiger charge is 2.26. The van der Waals surface area contributed by atoms with Gasteiger partial charge in [-0.3, -0.25) is 0 Å². The van der Waals surface area contributed by atoms with Gasteiger partial charge in [0.05, 0.1) is 29.3 Å². The van der Waals surface area contributed by atoms with Crippen molar-refractivity contribution in [2.75, 3.05) is 18.2 Å². The van der Waals surface area contributed by atoms with Crippen molar-refractivity contribution in [3.63, 3.8) is 0 Å². The molecule has 2 heterocycles. The summed E-state index contributed by atoms with van der Waals surface area (Å²) in [7, 11) is 0. The number of hydrogen-bond acceptors (Lipinski definition) is 6. The van der Waals surface area contributed by atoms with Crippen molar-refractivity contribution < 1.29 is 18.7 Å². The van der Waals surface area contributed by atoms with E-state index in [0.717, 1.165) is 34.2 Å². The van der Waals surface area contributed by atoms with Gasteiger partial charge < -0.3 is 18.8 Å². The lowest BCUT2D eigenvalue weighted by Crippen LogP contribution is -2.32. The minimum Gasteiger partial charge on any atom is -0.471 e. The third-order valence-electron chi connectivity index (χ3n) is 6.42. The van der Waals surface area contributed by atoms with E-state index in [0.29, 0.717) is 47.1 Å². The molecule has 7 heteroatoms. The molecule has 0 saturated carbocycles. The number of fused-ring (bicyclic) bond motifs is 3. The molecule has 6 nitrogen and oxygen atoms in total. The second kappa shape index (κ2) is 10.1. The molecule has 0 radical (unpaired) electrons. The van der Waals surface area contributed by atoms with Gasteiger partial charge >= 0.3 is 11.6 Å². The van der Waals surface area contributed by atoms with Crippen molar-refractivity contribution in [1.29, 1.82) is 0 Å². The third-order valence-corrected chi connectivity index (χ3v) is 6.70. The van der Waals surface area contributed by atoms with Crippen LogP contribution in [0.2, 0.25) is 5.02 Å². The number of benzene rings is 3. The Morgan fingerprint density at radius 1 is 1.11 bits per heavy atom. The Hall–Kier alpha value is -3.77. The summed E-state index contributed by atoms with van der Waals surface area (Å²) in [6.45, 7) is 4.98. The number of carbonyl (C=O) groups is 1. The predicted octanol–water partition coefficient (Wildman–Crippen LogP) is 6.27. The highest BCUT2D eigenvalue weighted by atomic mass is 35.5. The molecule has 5 rings (SSSR count). The molecule has 1 aliphatic heterocycles. The molecule has 0 spiro atoms. The van der Waals surface area contributed by atoms with E-state index >= 15 is 0 Å². The van der Waals surface area contributed by atoms with Crippen molar-refractivity contribution >= 4 is 34.2 Å². The second-order valence-electron chi connectivity index (χ2n) is 8.85. The molecule has 0 atom stereocenters. The van der Waals surface area contributed by atoms with E-state index in [1.807, 2.05) is 67.3 Å². The summed E-state index contributed by atoms with van der Waals surface area (Å²) in [6.07, 6.45) is 1.25. The van der Waals surface area contributed by atoms with E-state index in [-0.39, 0.29) is 18.3 Å². The summed E-state index contributed by atoms with van der Waals surface area (Å²) >= 11 is 6.62. The molecule has 0 unspecified atom stereocenters. The maximum atomic E-state index is 13.1. The average molecular weight is 504 g/mol. The van der Waals surface area contributed by atoms with Crippen molar-refractivity contribution in [1.82, 2.24) is 0 Å². The number of ether oxygens (including phenoxy) is 2. The molecule has 0 N–H and O–H groups in total. The SMILES string of the molecule is CCCOC(=O)c1ccc(N2COc3c(Cl)cc4c(C)c(Cc5ccccc5)c(=O)oc4c3C2)cc1. The van der Waals surface area contributed by atoms with Gasteiger partial charge in [-0.2, -0.15) is 0 Å². The van der Waals surface area contributed by atoms with E-state index in [9.17, 15) is 9.59 Å². The Kier molecular flexibility index (Phi) is 6.70. The number of halogens is 1. The molecule has 1 aliphatic rings. The van der Waals surface area contributed by atoms with Gasteiger partial charge in [0.25, 0.3) is 0 Å². The standard InChI is InChI=1S/C29H26ClNO5/c1-3-13-34-28(32)20-9-11-21(12-10-20)31-16-24-26-22(15-25(30)27(24)35-17-31)18(2)23(29(33)36-26)14-19-7-5-4-6-8-19/h4-12,15H,3,13-14,16-17H2,1-2H3. The first-order valence-electron chi connectivity index (χ1n) is 11.9. The van der Waals surface area contributed by atoms with E-state index < -0.39 is 0 Å².